The summed E-state index contributed by atoms with van der Waals surface area (Å²) in [6.07, 6.45) is 3.66. The Labute approximate surface area is 126 Å². The van der Waals surface area contributed by atoms with Gasteiger partial charge in [0.05, 0.1) is 5.69 Å². The van der Waals surface area contributed by atoms with E-state index in [1.807, 2.05) is 0 Å². The van der Waals surface area contributed by atoms with Crippen molar-refractivity contribution in [3.05, 3.63) is 53.6 Å². The third kappa shape index (κ3) is 1.84. The van der Waals surface area contributed by atoms with E-state index < -0.39 is 0 Å². The number of aryl methyl sites for hydroxylation is 2. The minimum Gasteiger partial charge on any atom is -0.374 e. The molecule has 0 aromatic heterocycles. The van der Waals surface area contributed by atoms with Gasteiger partial charge < -0.3 is 4.90 Å². The van der Waals surface area contributed by atoms with Crippen LogP contribution in [0.15, 0.2) is 42.5 Å². The maximum atomic E-state index is 2.45. The van der Waals surface area contributed by atoms with Gasteiger partial charge in [0.15, 0.2) is 0 Å². The van der Waals surface area contributed by atoms with Crippen LogP contribution in [0, 0.1) is 0 Å². The van der Waals surface area contributed by atoms with Crippen molar-refractivity contribution in [3.8, 4) is 0 Å². The summed E-state index contributed by atoms with van der Waals surface area (Å²) >= 11 is 0. The highest BCUT2D eigenvalue weighted by Crippen LogP contribution is 2.41. The van der Waals surface area contributed by atoms with Crippen LogP contribution in [-0.2, 0) is 12.8 Å². The Bertz CT molecular complexity index is 832. The summed E-state index contributed by atoms with van der Waals surface area (Å²) in [5.41, 5.74) is 4.56. The van der Waals surface area contributed by atoms with E-state index in [9.17, 15) is 0 Å². The van der Waals surface area contributed by atoms with Crippen molar-refractivity contribution in [2.24, 2.45) is 0 Å². The molecule has 3 aromatic rings. The molecule has 0 fully saturated rings. The first-order valence-electron chi connectivity index (χ1n) is 7.97. The van der Waals surface area contributed by atoms with Crippen molar-refractivity contribution in [1.29, 1.82) is 0 Å². The Hall–Kier alpha value is -2.02. The molecule has 0 aliphatic heterocycles. The quantitative estimate of drug-likeness (QED) is 0.612. The Morgan fingerprint density at radius 3 is 2.62 bits per heavy atom. The number of rotatable bonds is 3. The predicted octanol–water partition coefficient (Wildman–Crippen LogP) is 4.94. The minimum atomic E-state index is 1.10. The third-order valence-corrected chi connectivity index (χ3v) is 4.79. The van der Waals surface area contributed by atoms with Crippen LogP contribution in [0.3, 0.4) is 0 Å². The lowest BCUT2D eigenvalue weighted by atomic mass is 9.82. The molecular weight excluding hydrogens is 254 g/mol. The number of fused-ring (bicyclic) bond motifs is 4. The molecule has 0 heterocycles. The lowest BCUT2D eigenvalue weighted by Gasteiger charge is -2.28. The summed E-state index contributed by atoms with van der Waals surface area (Å²) in [6, 6.07) is 15.8. The molecule has 0 unspecified atom stereocenters. The van der Waals surface area contributed by atoms with E-state index in [1.165, 1.54) is 46.5 Å². The van der Waals surface area contributed by atoms with E-state index in [0.717, 1.165) is 6.54 Å². The minimum absolute atomic E-state index is 1.10. The molecule has 0 bridgehead atoms. The smallest absolute Gasteiger partial charge is 0.0525 e. The fraction of sp³-hybridized carbons (Fsp3) is 0.300. The van der Waals surface area contributed by atoms with E-state index in [-0.39, 0.29) is 0 Å². The van der Waals surface area contributed by atoms with Crippen LogP contribution in [0.1, 0.15) is 24.5 Å². The maximum absolute atomic E-state index is 2.45. The first-order valence-corrected chi connectivity index (χ1v) is 7.97. The molecule has 1 heteroatoms. The monoisotopic (exact) mass is 275 g/mol. The van der Waals surface area contributed by atoms with Crippen LogP contribution in [0.5, 0.6) is 0 Å². The molecule has 0 atom stereocenters. The molecule has 1 aliphatic carbocycles. The molecular formula is C20H21N. The van der Waals surface area contributed by atoms with Gasteiger partial charge in [-0.15, -0.1) is 0 Å². The van der Waals surface area contributed by atoms with E-state index >= 15 is 0 Å². The highest BCUT2D eigenvalue weighted by molar-refractivity contribution is 6.13. The van der Waals surface area contributed by atoms with Gasteiger partial charge in [0, 0.05) is 24.4 Å². The van der Waals surface area contributed by atoms with Crippen LogP contribution >= 0.6 is 0 Å². The highest BCUT2D eigenvalue weighted by atomic mass is 15.1. The van der Waals surface area contributed by atoms with Gasteiger partial charge in [0.25, 0.3) is 0 Å². The van der Waals surface area contributed by atoms with Gasteiger partial charge in [0.2, 0.25) is 0 Å². The second-order valence-electron chi connectivity index (χ2n) is 6.17. The molecule has 0 radical (unpaired) electrons. The Balaban J connectivity index is 2.14. The molecule has 1 nitrogen and oxygen atoms in total. The Kier molecular flexibility index (Phi) is 2.88. The first-order chi connectivity index (χ1) is 10.3. The lowest BCUT2D eigenvalue weighted by molar-refractivity contribution is 0.841. The van der Waals surface area contributed by atoms with Gasteiger partial charge in [0.1, 0.15) is 0 Å². The molecule has 21 heavy (non-hydrogen) atoms. The van der Waals surface area contributed by atoms with E-state index in [1.54, 1.807) is 11.1 Å². The number of hydrogen-bond donors (Lipinski definition) is 0. The average molecular weight is 275 g/mol. The standard InChI is InChI=1S/C20H21N/c1-3-12-21(2)20-18-7-5-4-6-15(18)13-16-9-8-14-10-11-17(14)19(16)20/h4-9,13H,3,10-12H2,1-2H3. The lowest BCUT2D eigenvalue weighted by Crippen LogP contribution is -2.20. The highest BCUT2D eigenvalue weighted by Gasteiger charge is 2.21. The second kappa shape index (κ2) is 4.77. The van der Waals surface area contributed by atoms with Crippen LogP contribution in [0.4, 0.5) is 5.69 Å². The van der Waals surface area contributed by atoms with Crippen molar-refractivity contribution in [1.82, 2.24) is 0 Å². The largest absolute Gasteiger partial charge is 0.374 e. The van der Waals surface area contributed by atoms with Crippen molar-refractivity contribution in [2.75, 3.05) is 18.5 Å². The first kappa shape index (κ1) is 12.7. The Morgan fingerprint density at radius 2 is 1.86 bits per heavy atom. The fourth-order valence-corrected chi connectivity index (χ4v) is 3.70. The molecule has 3 aromatic carbocycles. The van der Waals surface area contributed by atoms with E-state index in [0.29, 0.717) is 0 Å². The average Bonchev–Trinajstić information content (AvgIpc) is 2.45. The second-order valence-corrected chi connectivity index (χ2v) is 6.17. The topological polar surface area (TPSA) is 3.24 Å². The molecule has 1 aliphatic rings. The van der Waals surface area contributed by atoms with Gasteiger partial charge >= 0.3 is 0 Å². The molecule has 0 saturated heterocycles. The predicted molar refractivity (Wildman–Crippen MR) is 92.4 cm³/mol. The van der Waals surface area contributed by atoms with Crippen LogP contribution < -0.4 is 4.90 Å². The van der Waals surface area contributed by atoms with E-state index in [2.05, 4.69) is 61.3 Å². The van der Waals surface area contributed by atoms with Gasteiger partial charge in [-0.25, -0.2) is 0 Å². The van der Waals surface area contributed by atoms with Crippen molar-refractivity contribution < 1.29 is 0 Å². The number of anilines is 1. The summed E-state index contributed by atoms with van der Waals surface area (Å²) in [6.45, 7) is 3.36. The van der Waals surface area contributed by atoms with Crippen LogP contribution in [0.2, 0.25) is 0 Å². The molecule has 0 spiro atoms. The summed E-state index contributed by atoms with van der Waals surface area (Å²) in [4.78, 5) is 2.45. The fourth-order valence-electron chi connectivity index (χ4n) is 3.70. The van der Waals surface area contributed by atoms with Crippen molar-refractivity contribution in [2.45, 2.75) is 26.2 Å². The third-order valence-electron chi connectivity index (χ3n) is 4.79. The Morgan fingerprint density at radius 1 is 1.00 bits per heavy atom. The number of benzene rings is 3. The van der Waals surface area contributed by atoms with Crippen molar-refractivity contribution in [3.63, 3.8) is 0 Å². The molecule has 0 amide bonds. The zero-order valence-electron chi connectivity index (χ0n) is 12.8. The van der Waals surface area contributed by atoms with Crippen LogP contribution in [-0.4, -0.2) is 13.6 Å². The van der Waals surface area contributed by atoms with Crippen LogP contribution in [0.25, 0.3) is 21.5 Å². The van der Waals surface area contributed by atoms with Gasteiger partial charge in [-0.1, -0.05) is 43.3 Å². The SMILES string of the molecule is CCCN(C)c1c2ccccc2cc2ccc3c(c12)CC3. The summed E-state index contributed by atoms with van der Waals surface area (Å²) < 4.78 is 0. The maximum Gasteiger partial charge on any atom is 0.0525 e. The zero-order valence-corrected chi connectivity index (χ0v) is 12.8. The van der Waals surface area contributed by atoms with Gasteiger partial charge in [-0.05, 0) is 47.2 Å². The molecule has 106 valence electrons. The van der Waals surface area contributed by atoms with Crippen molar-refractivity contribution >= 4 is 27.2 Å². The van der Waals surface area contributed by atoms with Gasteiger partial charge in [-0.2, -0.15) is 0 Å². The number of nitrogens with zero attached hydrogens (tertiary/aromatic N) is 1. The molecule has 0 saturated carbocycles. The summed E-state index contributed by atoms with van der Waals surface area (Å²) in [5.74, 6) is 0. The summed E-state index contributed by atoms with van der Waals surface area (Å²) in [7, 11) is 2.24. The molecule has 4 rings (SSSR count). The summed E-state index contributed by atoms with van der Waals surface area (Å²) in [5, 5.41) is 5.63. The van der Waals surface area contributed by atoms with Gasteiger partial charge in [-0.3, -0.25) is 0 Å². The molecule has 0 N–H and O–H groups in total. The zero-order chi connectivity index (χ0) is 14.4. The van der Waals surface area contributed by atoms with E-state index in [4.69, 9.17) is 0 Å². The normalized spacial score (nSPS) is 13.2. The number of hydrogen-bond acceptors (Lipinski definition) is 1.